The van der Waals surface area contributed by atoms with E-state index < -0.39 is 0 Å². The Morgan fingerprint density at radius 1 is 1.32 bits per heavy atom. The number of rotatable bonds is 9. The molecule has 28 heavy (non-hydrogen) atoms. The van der Waals surface area contributed by atoms with Gasteiger partial charge in [-0.25, -0.2) is 4.98 Å². The molecule has 2 aromatic rings. The van der Waals surface area contributed by atoms with Crippen LogP contribution < -0.4 is 10.1 Å². The molecule has 0 saturated heterocycles. The summed E-state index contributed by atoms with van der Waals surface area (Å²) in [5.41, 5.74) is 1.79. The van der Waals surface area contributed by atoms with Gasteiger partial charge in [0.15, 0.2) is 0 Å². The smallest absolute Gasteiger partial charge is 0.270 e. The molecule has 1 amide bonds. The third-order valence-corrected chi connectivity index (χ3v) is 6.03. The Hall–Kier alpha value is -1.92. The van der Waals surface area contributed by atoms with Crippen molar-refractivity contribution in [1.82, 2.24) is 15.2 Å². The fourth-order valence-electron chi connectivity index (χ4n) is 3.69. The molecule has 1 aliphatic carbocycles. The second-order valence-corrected chi connectivity index (χ2v) is 8.63. The Balaban J connectivity index is 1.37. The largest absolute Gasteiger partial charge is 0.494 e. The number of amides is 1. The zero-order valence-corrected chi connectivity index (χ0v) is 17.8. The van der Waals surface area contributed by atoms with Gasteiger partial charge in [0.1, 0.15) is 11.4 Å². The molecule has 1 aliphatic rings. The van der Waals surface area contributed by atoms with Crippen molar-refractivity contribution < 1.29 is 9.53 Å². The number of hydrogen-bond donors (Lipinski definition) is 1. The van der Waals surface area contributed by atoms with Crippen LogP contribution in [-0.2, 0) is 6.54 Å². The quantitative estimate of drug-likeness (QED) is 0.632. The molecule has 5 nitrogen and oxygen atoms in total. The lowest BCUT2D eigenvalue weighted by atomic mass is 9.94. The Bertz CT molecular complexity index is 756. The van der Waals surface area contributed by atoms with Crippen molar-refractivity contribution in [2.45, 2.75) is 58.0 Å². The standard InChI is InChI=1S/C22H31N3O2S/c1-17-24-21(16-28-17)22(26)23-12-7-13-27-20-11-6-8-18(14-20)15-25(2)19-9-4-3-5-10-19/h6,8,11,14,16,19H,3-5,7,9-10,12-13,15H2,1-2H3,(H,23,26). The van der Waals surface area contributed by atoms with Crippen LogP contribution in [0.25, 0.3) is 0 Å². The minimum Gasteiger partial charge on any atom is -0.494 e. The summed E-state index contributed by atoms with van der Waals surface area (Å²) in [5, 5.41) is 5.58. The second-order valence-electron chi connectivity index (χ2n) is 7.56. The molecule has 6 heteroatoms. The first-order chi connectivity index (χ1) is 13.6. The SMILES string of the molecule is Cc1nc(C(=O)NCCCOc2cccc(CN(C)C3CCCCC3)c2)cs1. The molecule has 152 valence electrons. The monoisotopic (exact) mass is 401 g/mol. The number of carbonyl (C=O) groups is 1. The Morgan fingerprint density at radius 3 is 2.89 bits per heavy atom. The minimum absolute atomic E-state index is 0.114. The van der Waals surface area contributed by atoms with Crippen LogP contribution in [0.3, 0.4) is 0 Å². The number of benzene rings is 1. The Morgan fingerprint density at radius 2 is 2.14 bits per heavy atom. The highest BCUT2D eigenvalue weighted by Gasteiger charge is 2.18. The van der Waals surface area contributed by atoms with Gasteiger partial charge in [-0.2, -0.15) is 0 Å². The topological polar surface area (TPSA) is 54.5 Å². The van der Waals surface area contributed by atoms with Crippen LogP contribution in [0.4, 0.5) is 0 Å². The number of carbonyl (C=O) groups excluding carboxylic acids is 1. The maximum atomic E-state index is 12.0. The molecule has 3 rings (SSSR count). The zero-order valence-electron chi connectivity index (χ0n) is 16.9. The lowest BCUT2D eigenvalue weighted by Gasteiger charge is -2.31. The first-order valence-corrected chi connectivity index (χ1v) is 11.1. The first kappa shape index (κ1) is 20.8. The predicted molar refractivity (Wildman–Crippen MR) is 114 cm³/mol. The van der Waals surface area contributed by atoms with E-state index in [0.717, 1.165) is 23.7 Å². The molecule has 1 saturated carbocycles. The van der Waals surface area contributed by atoms with Gasteiger partial charge in [-0.15, -0.1) is 11.3 Å². The number of nitrogens with zero attached hydrogens (tertiary/aromatic N) is 2. The van der Waals surface area contributed by atoms with Gasteiger partial charge < -0.3 is 10.1 Å². The molecule has 0 spiro atoms. The molecule has 1 fully saturated rings. The lowest BCUT2D eigenvalue weighted by molar-refractivity contribution is 0.0947. The maximum Gasteiger partial charge on any atom is 0.270 e. The highest BCUT2D eigenvalue weighted by Crippen LogP contribution is 2.23. The van der Waals surface area contributed by atoms with E-state index in [4.69, 9.17) is 4.74 Å². The lowest BCUT2D eigenvalue weighted by Crippen LogP contribution is -2.32. The molecule has 0 aliphatic heterocycles. The molecule has 1 aromatic heterocycles. The van der Waals surface area contributed by atoms with E-state index >= 15 is 0 Å². The summed E-state index contributed by atoms with van der Waals surface area (Å²) in [5.74, 6) is 0.785. The molecule has 1 heterocycles. The molecule has 0 radical (unpaired) electrons. The van der Waals surface area contributed by atoms with Crippen molar-refractivity contribution in [3.05, 3.63) is 45.9 Å². The van der Waals surface area contributed by atoms with E-state index in [2.05, 4.69) is 40.4 Å². The summed E-state index contributed by atoms with van der Waals surface area (Å²) in [6, 6.07) is 9.08. The maximum absolute atomic E-state index is 12.0. The van der Waals surface area contributed by atoms with Gasteiger partial charge in [-0.3, -0.25) is 9.69 Å². The summed E-state index contributed by atoms with van der Waals surface area (Å²) in [7, 11) is 2.23. The van der Waals surface area contributed by atoms with E-state index in [1.807, 2.05) is 13.0 Å². The van der Waals surface area contributed by atoms with Crippen LogP contribution >= 0.6 is 11.3 Å². The van der Waals surface area contributed by atoms with E-state index in [1.54, 1.807) is 5.38 Å². The number of hydrogen-bond acceptors (Lipinski definition) is 5. The van der Waals surface area contributed by atoms with Crippen LogP contribution in [0.5, 0.6) is 5.75 Å². The van der Waals surface area contributed by atoms with E-state index in [0.29, 0.717) is 24.9 Å². The summed E-state index contributed by atoms with van der Waals surface area (Å²) in [4.78, 5) is 18.6. The summed E-state index contributed by atoms with van der Waals surface area (Å²) >= 11 is 1.49. The first-order valence-electron chi connectivity index (χ1n) is 10.2. The normalized spacial score (nSPS) is 15.0. The average Bonchev–Trinajstić information content (AvgIpc) is 3.15. The molecule has 0 bridgehead atoms. The van der Waals surface area contributed by atoms with Crippen molar-refractivity contribution >= 4 is 17.2 Å². The highest BCUT2D eigenvalue weighted by molar-refractivity contribution is 7.09. The van der Waals surface area contributed by atoms with E-state index in [9.17, 15) is 4.79 Å². The summed E-state index contributed by atoms with van der Waals surface area (Å²) in [6.45, 7) is 4.03. The summed E-state index contributed by atoms with van der Waals surface area (Å²) in [6.07, 6.45) is 7.50. The number of nitrogens with one attached hydrogen (secondary N) is 1. The third-order valence-electron chi connectivity index (χ3n) is 5.26. The second kappa shape index (κ2) is 10.6. The van der Waals surface area contributed by atoms with Crippen molar-refractivity contribution in [2.24, 2.45) is 0 Å². The van der Waals surface area contributed by atoms with Crippen LogP contribution in [0.2, 0.25) is 0 Å². The molecular weight excluding hydrogens is 370 g/mol. The van der Waals surface area contributed by atoms with Gasteiger partial charge in [-0.1, -0.05) is 31.4 Å². The van der Waals surface area contributed by atoms with Gasteiger partial charge >= 0.3 is 0 Å². The van der Waals surface area contributed by atoms with Gasteiger partial charge in [0.25, 0.3) is 5.91 Å². The van der Waals surface area contributed by atoms with Crippen LogP contribution in [0.1, 0.15) is 59.6 Å². The average molecular weight is 402 g/mol. The molecule has 1 aromatic carbocycles. The number of aryl methyl sites for hydroxylation is 1. The highest BCUT2D eigenvalue weighted by atomic mass is 32.1. The number of ether oxygens (including phenoxy) is 1. The number of thiazole rings is 1. The van der Waals surface area contributed by atoms with E-state index in [1.165, 1.54) is 49.0 Å². The van der Waals surface area contributed by atoms with Gasteiger partial charge in [0, 0.05) is 24.5 Å². The van der Waals surface area contributed by atoms with Crippen LogP contribution in [-0.4, -0.2) is 42.0 Å². The van der Waals surface area contributed by atoms with Gasteiger partial charge in [-0.05, 0) is 50.9 Å². The van der Waals surface area contributed by atoms with Gasteiger partial charge in [0.2, 0.25) is 0 Å². The molecular formula is C22H31N3O2S. The molecule has 1 N–H and O–H groups in total. The molecule has 0 unspecified atom stereocenters. The Kier molecular flexibility index (Phi) is 7.86. The fraction of sp³-hybridized carbons (Fsp3) is 0.545. The minimum atomic E-state index is -0.114. The zero-order chi connectivity index (χ0) is 19.8. The van der Waals surface area contributed by atoms with Crippen molar-refractivity contribution in [2.75, 3.05) is 20.2 Å². The Labute approximate surface area is 172 Å². The fourth-order valence-corrected chi connectivity index (χ4v) is 4.29. The number of aromatic nitrogens is 1. The van der Waals surface area contributed by atoms with Crippen molar-refractivity contribution in [1.29, 1.82) is 0 Å². The van der Waals surface area contributed by atoms with Crippen LogP contribution in [0, 0.1) is 6.92 Å². The van der Waals surface area contributed by atoms with E-state index in [-0.39, 0.29) is 5.91 Å². The predicted octanol–water partition coefficient (Wildman–Crippen LogP) is 4.41. The third kappa shape index (κ3) is 6.31. The summed E-state index contributed by atoms with van der Waals surface area (Å²) < 4.78 is 5.88. The van der Waals surface area contributed by atoms with Crippen LogP contribution in [0.15, 0.2) is 29.6 Å². The van der Waals surface area contributed by atoms with Crippen molar-refractivity contribution in [3.63, 3.8) is 0 Å². The molecule has 0 atom stereocenters. The van der Waals surface area contributed by atoms with Crippen molar-refractivity contribution in [3.8, 4) is 5.75 Å². The van der Waals surface area contributed by atoms with Gasteiger partial charge in [0.05, 0.1) is 11.6 Å².